The third-order valence-corrected chi connectivity index (χ3v) is 19.4. The van der Waals surface area contributed by atoms with Crippen LogP contribution in [0.25, 0.3) is 0 Å². The number of fused-ring (bicyclic) bond motifs is 5. The van der Waals surface area contributed by atoms with Crippen LogP contribution in [0.15, 0.2) is 0 Å². The van der Waals surface area contributed by atoms with Crippen LogP contribution in [0.5, 0.6) is 0 Å². The summed E-state index contributed by atoms with van der Waals surface area (Å²) in [4.78, 5) is 33.2. The number of carboxylic acid groups (broad SMARTS) is 3. The molecule has 0 heterocycles. The van der Waals surface area contributed by atoms with Crippen molar-refractivity contribution in [1.29, 1.82) is 0 Å². The molecule has 0 saturated heterocycles. The number of carboxylic acids is 3. The Morgan fingerprint density at radius 3 is 1.65 bits per heavy atom. The Bertz CT molecular complexity index is 1350. The number of aliphatic hydroxyl groups excluding tert-OH is 1. The molecule has 9 unspecified atom stereocenters. The van der Waals surface area contributed by atoms with E-state index in [1.807, 2.05) is 0 Å². The number of rotatable bonds is 7. The van der Waals surface area contributed by atoms with Crippen molar-refractivity contribution in [2.75, 3.05) is 0 Å². The van der Waals surface area contributed by atoms with E-state index < -0.39 is 17.9 Å². The van der Waals surface area contributed by atoms with Gasteiger partial charge < -0.3 is 20.4 Å². The van der Waals surface area contributed by atoms with Crippen molar-refractivity contribution in [3.63, 3.8) is 0 Å². The lowest BCUT2D eigenvalue weighted by Crippen LogP contribution is -2.54. The standard InChI is InChI=1S/C24H40O3.C12H18O2.C11H16O2/c1-15(4-9-22(26)27)19-7-8-20-18-6-5-16-14-17(25)10-12-23(16,2)21(18)11-13-24(19,20)3;13-11(14)7-12-4-8-1-9(5-12)3-10(2-8)6-12;12-10(13)11-4-7-1-8(5-11)3-9(2-7)6-11/h15-21,25H,4-14H2,1-3H3,(H,26,27);8-10H,1-7H2,(H,13,14);7-9H,1-6H2,(H,12,13). The summed E-state index contributed by atoms with van der Waals surface area (Å²) in [6.07, 6.45) is 27.7. The Hall–Kier alpha value is -1.63. The summed E-state index contributed by atoms with van der Waals surface area (Å²) in [5.74, 6) is 7.71. The Balaban J connectivity index is 0.000000127. The van der Waals surface area contributed by atoms with E-state index in [1.165, 1.54) is 103 Å². The summed E-state index contributed by atoms with van der Waals surface area (Å²) in [5, 5.41) is 37.5. The molecule has 9 atom stereocenters. The van der Waals surface area contributed by atoms with E-state index in [9.17, 15) is 24.6 Å². The van der Waals surface area contributed by atoms with Gasteiger partial charge in [-0.25, -0.2) is 0 Å². The van der Waals surface area contributed by atoms with E-state index in [-0.39, 0.29) is 16.9 Å². The second kappa shape index (κ2) is 14.6. The molecule has 304 valence electrons. The fourth-order valence-corrected chi connectivity index (χ4v) is 18.0. The lowest BCUT2D eigenvalue weighted by atomic mass is 9.44. The molecule has 0 radical (unpaired) electrons. The van der Waals surface area contributed by atoms with Gasteiger partial charge >= 0.3 is 17.9 Å². The molecule has 7 nitrogen and oxygen atoms in total. The van der Waals surface area contributed by atoms with Crippen molar-refractivity contribution >= 4 is 17.9 Å². The Kier molecular flexibility index (Phi) is 10.6. The molecular weight excluding hydrogens is 677 g/mol. The molecule has 12 aliphatic rings. The molecule has 12 aliphatic carbocycles. The van der Waals surface area contributed by atoms with Crippen LogP contribution in [0.2, 0.25) is 0 Å². The van der Waals surface area contributed by atoms with Gasteiger partial charge in [0.15, 0.2) is 0 Å². The van der Waals surface area contributed by atoms with Crippen molar-refractivity contribution in [2.24, 2.45) is 92.7 Å². The van der Waals surface area contributed by atoms with Crippen molar-refractivity contribution in [3.8, 4) is 0 Å². The molecule has 0 spiro atoms. The van der Waals surface area contributed by atoms with Crippen LogP contribution in [0.3, 0.4) is 0 Å². The molecular formula is C47H74O7. The maximum absolute atomic E-state index is 11.3. The summed E-state index contributed by atoms with van der Waals surface area (Å²) >= 11 is 0. The SMILES string of the molecule is CC(CCC(=O)O)C1CCC2C3CCC4CC(O)CCC4(C)C3CCC12C.O=C(O)C12CC3CC(CC(C3)C1)C2.O=C(O)CC12CC3CC(CC(C3)C1)C2. The van der Waals surface area contributed by atoms with E-state index in [0.717, 1.165) is 97.7 Å². The first kappa shape index (κ1) is 39.2. The number of carbonyl (C=O) groups is 3. The first-order chi connectivity index (χ1) is 25.6. The van der Waals surface area contributed by atoms with Gasteiger partial charge in [-0.3, -0.25) is 14.4 Å². The third-order valence-electron chi connectivity index (χ3n) is 19.4. The Morgan fingerprint density at radius 2 is 1.13 bits per heavy atom. The maximum Gasteiger partial charge on any atom is 0.309 e. The normalized spacial score (nSPS) is 50.7. The molecule has 7 heteroatoms. The van der Waals surface area contributed by atoms with Crippen LogP contribution >= 0.6 is 0 Å². The minimum Gasteiger partial charge on any atom is -0.481 e. The average Bonchev–Trinajstić information content (AvgIpc) is 3.44. The van der Waals surface area contributed by atoms with Crippen LogP contribution in [-0.4, -0.2) is 44.4 Å². The molecule has 12 saturated carbocycles. The lowest BCUT2D eigenvalue weighted by molar-refractivity contribution is -0.164. The fraction of sp³-hybridized carbons (Fsp3) is 0.936. The fourth-order valence-electron chi connectivity index (χ4n) is 18.0. The summed E-state index contributed by atoms with van der Waals surface area (Å²) in [7, 11) is 0. The van der Waals surface area contributed by atoms with Gasteiger partial charge in [0.2, 0.25) is 0 Å². The molecule has 0 aromatic carbocycles. The third kappa shape index (κ3) is 7.22. The molecule has 4 N–H and O–H groups in total. The monoisotopic (exact) mass is 751 g/mol. The summed E-state index contributed by atoms with van der Waals surface area (Å²) < 4.78 is 0. The highest BCUT2D eigenvalue weighted by atomic mass is 16.4. The first-order valence-electron chi connectivity index (χ1n) is 22.9. The molecule has 0 aliphatic heterocycles. The molecule has 8 bridgehead atoms. The largest absolute Gasteiger partial charge is 0.481 e. The predicted molar refractivity (Wildman–Crippen MR) is 208 cm³/mol. The highest BCUT2D eigenvalue weighted by Crippen LogP contribution is 2.69. The average molecular weight is 751 g/mol. The van der Waals surface area contributed by atoms with E-state index in [2.05, 4.69) is 20.8 Å². The molecule has 12 fully saturated rings. The van der Waals surface area contributed by atoms with Crippen LogP contribution < -0.4 is 0 Å². The quantitative estimate of drug-likeness (QED) is 0.204. The van der Waals surface area contributed by atoms with Gasteiger partial charge in [-0.2, -0.15) is 0 Å². The van der Waals surface area contributed by atoms with Crippen molar-refractivity contribution in [1.82, 2.24) is 0 Å². The number of hydrogen-bond donors (Lipinski definition) is 4. The zero-order chi connectivity index (χ0) is 38.2. The zero-order valence-electron chi connectivity index (χ0n) is 34.0. The minimum atomic E-state index is -0.643. The van der Waals surface area contributed by atoms with Crippen LogP contribution in [-0.2, 0) is 14.4 Å². The van der Waals surface area contributed by atoms with Gasteiger partial charge in [0.05, 0.1) is 17.9 Å². The van der Waals surface area contributed by atoms with E-state index in [4.69, 9.17) is 10.2 Å². The molecule has 0 amide bonds. The molecule has 54 heavy (non-hydrogen) atoms. The second-order valence-corrected chi connectivity index (χ2v) is 22.7. The van der Waals surface area contributed by atoms with Crippen LogP contribution in [0.1, 0.15) is 175 Å². The minimum absolute atomic E-state index is 0.0561. The van der Waals surface area contributed by atoms with Gasteiger partial charge in [0.25, 0.3) is 0 Å². The van der Waals surface area contributed by atoms with E-state index >= 15 is 0 Å². The van der Waals surface area contributed by atoms with Crippen LogP contribution in [0, 0.1) is 92.7 Å². The van der Waals surface area contributed by atoms with Gasteiger partial charge in [0, 0.05) is 6.42 Å². The lowest BCUT2D eigenvalue weighted by Gasteiger charge is -2.61. The number of aliphatic hydroxyl groups is 1. The predicted octanol–water partition coefficient (Wildman–Crippen LogP) is 10.5. The van der Waals surface area contributed by atoms with Crippen LogP contribution in [0.4, 0.5) is 0 Å². The topological polar surface area (TPSA) is 132 Å². The van der Waals surface area contributed by atoms with Gasteiger partial charge in [-0.1, -0.05) is 20.8 Å². The van der Waals surface area contributed by atoms with Gasteiger partial charge in [-0.05, 0) is 229 Å². The Morgan fingerprint density at radius 1 is 0.611 bits per heavy atom. The number of hydrogen-bond acceptors (Lipinski definition) is 4. The van der Waals surface area contributed by atoms with Crippen molar-refractivity contribution in [2.45, 2.75) is 181 Å². The maximum atomic E-state index is 11.3. The highest BCUT2D eigenvalue weighted by Gasteiger charge is 2.61. The van der Waals surface area contributed by atoms with Gasteiger partial charge in [0.1, 0.15) is 0 Å². The second-order valence-electron chi connectivity index (χ2n) is 22.7. The van der Waals surface area contributed by atoms with Crippen molar-refractivity contribution < 1.29 is 34.8 Å². The molecule has 0 aromatic rings. The zero-order valence-corrected chi connectivity index (χ0v) is 34.0. The smallest absolute Gasteiger partial charge is 0.309 e. The molecule has 12 rings (SSSR count). The van der Waals surface area contributed by atoms with E-state index in [1.54, 1.807) is 0 Å². The van der Waals surface area contributed by atoms with Crippen molar-refractivity contribution in [3.05, 3.63) is 0 Å². The number of aliphatic carboxylic acids is 3. The summed E-state index contributed by atoms with van der Waals surface area (Å²) in [6, 6.07) is 0. The summed E-state index contributed by atoms with van der Waals surface area (Å²) in [5.41, 5.74) is 0.822. The summed E-state index contributed by atoms with van der Waals surface area (Å²) in [6.45, 7) is 7.43. The molecule has 0 aromatic heterocycles. The highest BCUT2D eigenvalue weighted by molar-refractivity contribution is 5.75. The Labute approximate surface area is 325 Å². The van der Waals surface area contributed by atoms with Gasteiger partial charge in [-0.15, -0.1) is 0 Å². The first-order valence-corrected chi connectivity index (χ1v) is 22.9. The van der Waals surface area contributed by atoms with E-state index in [0.29, 0.717) is 35.5 Å².